The van der Waals surface area contributed by atoms with E-state index in [1.807, 2.05) is 37.3 Å². The van der Waals surface area contributed by atoms with Crippen LogP contribution >= 0.6 is 11.8 Å². The first-order valence-electron chi connectivity index (χ1n) is 11.7. The Morgan fingerprint density at radius 3 is 2.56 bits per heavy atom. The Labute approximate surface area is 213 Å². The predicted molar refractivity (Wildman–Crippen MR) is 135 cm³/mol. The van der Waals surface area contributed by atoms with E-state index >= 15 is 0 Å². The normalized spacial score (nSPS) is 17.0. The molecule has 3 amide bonds. The number of hydrogen-bond donors (Lipinski definition) is 0. The standard InChI is InChI=1S/C26H28N2O7S/c1-2-33-22-16-19(8-9-21(22)35-18-24(29)27-10-13-32-14-11-27)17-23-25(30)28(26(31)36-23)12-15-34-20-6-4-3-5-7-20/h3-9,16-17H,2,10-15,18H2,1H3/b23-17-. The molecule has 0 aliphatic carbocycles. The molecule has 2 saturated heterocycles. The van der Waals surface area contributed by atoms with E-state index in [-0.39, 0.29) is 36.8 Å². The molecule has 36 heavy (non-hydrogen) atoms. The fourth-order valence-corrected chi connectivity index (χ4v) is 4.53. The molecule has 10 heteroatoms. The summed E-state index contributed by atoms with van der Waals surface area (Å²) >= 11 is 0.887. The highest BCUT2D eigenvalue weighted by Gasteiger charge is 2.34. The van der Waals surface area contributed by atoms with Gasteiger partial charge in [0.2, 0.25) is 0 Å². The molecule has 0 saturated carbocycles. The molecule has 0 spiro atoms. The van der Waals surface area contributed by atoms with Crippen molar-refractivity contribution in [2.75, 3.05) is 52.7 Å². The summed E-state index contributed by atoms with van der Waals surface area (Å²) in [5.74, 6) is 1.08. The van der Waals surface area contributed by atoms with Gasteiger partial charge in [-0.1, -0.05) is 24.3 Å². The molecule has 2 fully saturated rings. The van der Waals surface area contributed by atoms with Crippen LogP contribution in [0.15, 0.2) is 53.4 Å². The zero-order valence-corrected chi connectivity index (χ0v) is 20.8. The van der Waals surface area contributed by atoms with E-state index in [1.165, 1.54) is 4.90 Å². The largest absolute Gasteiger partial charge is 0.492 e. The molecule has 2 aromatic carbocycles. The molecule has 0 bridgehead atoms. The van der Waals surface area contributed by atoms with E-state index in [1.54, 1.807) is 29.2 Å². The van der Waals surface area contributed by atoms with Gasteiger partial charge < -0.3 is 23.8 Å². The minimum absolute atomic E-state index is 0.108. The van der Waals surface area contributed by atoms with E-state index in [0.29, 0.717) is 60.6 Å². The second-order valence-corrected chi connectivity index (χ2v) is 8.91. The first-order valence-corrected chi connectivity index (χ1v) is 12.5. The lowest BCUT2D eigenvalue weighted by atomic mass is 10.2. The monoisotopic (exact) mass is 512 g/mol. The molecule has 2 aliphatic heterocycles. The van der Waals surface area contributed by atoms with Crippen molar-refractivity contribution in [2.45, 2.75) is 6.92 Å². The summed E-state index contributed by atoms with van der Waals surface area (Å²) in [6.45, 7) is 4.65. The smallest absolute Gasteiger partial charge is 0.293 e. The number of rotatable bonds is 10. The molecule has 0 N–H and O–H groups in total. The molecule has 4 rings (SSSR count). The number of nitrogens with zero attached hydrogens (tertiary/aromatic N) is 2. The Bertz CT molecular complexity index is 1120. The third-order valence-corrected chi connectivity index (χ3v) is 6.39. The van der Waals surface area contributed by atoms with Crippen LogP contribution in [0.5, 0.6) is 17.2 Å². The number of para-hydroxylation sites is 1. The number of carbonyl (C=O) groups excluding carboxylic acids is 3. The first kappa shape index (κ1) is 25.6. The van der Waals surface area contributed by atoms with Gasteiger partial charge in [-0.05, 0) is 54.6 Å². The van der Waals surface area contributed by atoms with Gasteiger partial charge in [0.15, 0.2) is 18.1 Å². The van der Waals surface area contributed by atoms with Gasteiger partial charge in [-0.2, -0.15) is 0 Å². The number of carbonyl (C=O) groups is 3. The maximum Gasteiger partial charge on any atom is 0.293 e. The lowest BCUT2D eigenvalue weighted by Gasteiger charge is -2.26. The van der Waals surface area contributed by atoms with Gasteiger partial charge in [0, 0.05) is 13.1 Å². The molecule has 0 aromatic heterocycles. The third-order valence-electron chi connectivity index (χ3n) is 5.48. The molecule has 2 heterocycles. The van der Waals surface area contributed by atoms with Crippen molar-refractivity contribution in [1.29, 1.82) is 0 Å². The number of benzene rings is 2. The summed E-state index contributed by atoms with van der Waals surface area (Å²) < 4.78 is 22.3. The van der Waals surface area contributed by atoms with Crippen LogP contribution in [0.3, 0.4) is 0 Å². The second kappa shape index (κ2) is 12.5. The Morgan fingerprint density at radius 2 is 1.81 bits per heavy atom. The van der Waals surface area contributed by atoms with Crippen LogP contribution in [0.1, 0.15) is 12.5 Å². The van der Waals surface area contributed by atoms with Crippen LogP contribution in [0.2, 0.25) is 0 Å². The molecule has 0 radical (unpaired) electrons. The van der Waals surface area contributed by atoms with Crippen LogP contribution in [-0.2, 0) is 14.3 Å². The Morgan fingerprint density at radius 1 is 1.03 bits per heavy atom. The van der Waals surface area contributed by atoms with Crippen molar-refractivity contribution < 1.29 is 33.3 Å². The number of amides is 3. The number of thioether (sulfide) groups is 1. The molecule has 2 aromatic rings. The second-order valence-electron chi connectivity index (χ2n) is 7.92. The quantitative estimate of drug-likeness (QED) is 0.447. The van der Waals surface area contributed by atoms with Crippen LogP contribution in [0.4, 0.5) is 4.79 Å². The van der Waals surface area contributed by atoms with Crippen LogP contribution in [-0.4, -0.2) is 79.5 Å². The van der Waals surface area contributed by atoms with Gasteiger partial charge >= 0.3 is 0 Å². The Hall–Kier alpha value is -3.50. The zero-order chi connectivity index (χ0) is 25.3. The SMILES string of the molecule is CCOc1cc(/C=C2\SC(=O)N(CCOc3ccccc3)C2=O)ccc1OCC(=O)N1CCOCC1. The average molecular weight is 513 g/mol. The topological polar surface area (TPSA) is 94.6 Å². The summed E-state index contributed by atoms with van der Waals surface area (Å²) in [6, 6.07) is 14.4. The van der Waals surface area contributed by atoms with Crippen LogP contribution < -0.4 is 14.2 Å². The lowest BCUT2D eigenvalue weighted by molar-refractivity contribution is -0.137. The fourth-order valence-electron chi connectivity index (χ4n) is 3.66. The van der Waals surface area contributed by atoms with Crippen molar-refractivity contribution in [1.82, 2.24) is 9.80 Å². The minimum atomic E-state index is -0.365. The van der Waals surface area contributed by atoms with E-state index < -0.39 is 0 Å². The van der Waals surface area contributed by atoms with E-state index in [0.717, 1.165) is 11.8 Å². The fraction of sp³-hybridized carbons (Fsp3) is 0.346. The summed E-state index contributed by atoms with van der Waals surface area (Å²) in [6.07, 6.45) is 1.65. The van der Waals surface area contributed by atoms with E-state index in [9.17, 15) is 14.4 Å². The summed E-state index contributed by atoms with van der Waals surface area (Å²) in [5.41, 5.74) is 0.677. The minimum Gasteiger partial charge on any atom is -0.492 e. The van der Waals surface area contributed by atoms with Gasteiger partial charge in [0.1, 0.15) is 12.4 Å². The molecule has 190 valence electrons. The van der Waals surface area contributed by atoms with Crippen LogP contribution in [0, 0.1) is 0 Å². The Balaban J connectivity index is 1.38. The van der Waals surface area contributed by atoms with E-state index in [2.05, 4.69) is 0 Å². The first-order chi connectivity index (χ1) is 17.5. The zero-order valence-electron chi connectivity index (χ0n) is 20.0. The van der Waals surface area contributed by atoms with Gasteiger partial charge in [0.05, 0.1) is 31.3 Å². The average Bonchev–Trinajstić information content (AvgIpc) is 3.16. The molecule has 2 aliphatic rings. The number of ether oxygens (including phenoxy) is 4. The molecule has 0 unspecified atom stereocenters. The lowest BCUT2D eigenvalue weighted by Crippen LogP contribution is -2.43. The van der Waals surface area contributed by atoms with Gasteiger partial charge in [-0.25, -0.2) is 0 Å². The summed E-state index contributed by atoms with van der Waals surface area (Å²) in [4.78, 5) is 40.8. The van der Waals surface area contributed by atoms with Crippen molar-refractivity contribution in [3.8, 4) is 17.2 Å². The van der Waals surface area contributed by atoms with Gasteiger partial charge in [0.25, 0.3) is 17.1 Å². The maximum atomic E-state index is 12.8. The van der Waals surface area contributed by atoms with Crippen molar-refractivity contribution in [3.05, 3.63) is 59.0 Å². The number of morpholine rings is 1. The molecule has 0 atom stereocenters. The highest BCUT2D eigenvalue weighted by molar-refractivity contribution is 8.18. The Kier molecular flexibility index (Phi) is 8.85. The highest BCUT2D eigenvalue weighted by Crippen LogP contribution is 2.34. The maximum absolute atomic E-state index is 12.8. The van der Waals surface area contributed by atoms with Crippen molar-refractivity contribution in [2.24, 2.45) is 0 Å². The predicted octanol–water partition coefficient (Wildman–Crippen LogP) is 3.44. The number of imide groups is 1. The molecule has 9 nitrogen and oxygen atoms in total. The number of hydrogen-bond acceptors (Lipinski definition) is 8. The summed E-state index contributed by atoms with van der Waals surface area (Å²) in [5, 5.41) is -0.338. The van der Waals surface area contributed by atoms with Crippen molar-refractivity contribution >= 4 is 34.9 Å². The highest BCUT2D eigenvalue weighted by atomic mass is 32.2. The van der Waals surface area contributed by atoms with Gasteiger partial charge in [-0.15, -0.1) is 0 Å². The molecular formula is C26H28N2O7S. The third kappa shape index (κ3) is 6.58. The summed E-state index contributed by atoms with van der Waals surface area (Å²) in [7, 11) is 0. The van der Waals surface area contributed by atoms with Gasteiger partial charge in [-0.3, -0.25) is 19.3 Å². The van der Waals surface area contributed by atoms with Crippen molar-refractivity contribution in [3.63, 3.8) is 0 Å². The molecular weight excluding hydrogens is 484 g/mol. The van der Waals surface area contributed by atoms with E-state index in [4.69, 9.17) is 18.9 Å². The van der Waals surface area contributed by atoms with Crippen LogP contribution in [0.25, 0.3) is 6.08 Å².